The predicted molar refractivity (Wildman–Crippen MR) is 235 cm³/mol. The fourth-order valence-corrected chi connectivity index (χ4v) is 5.79. The molecule has 346 valence electrons. The minimum atomic E-state index is -1.26. The molecule has 0 saturated carbocycles. The number of ketones is 1. The summed E-state index contributed by atoms with van der Waals surface area (Å²) in [6.07, 6.45) is -0.726. The number of nitro benzene ring substituents is 4. The number of hydrogen-bond acceptors (Lipinski definition) is 15. The molecule has 0 spiro atoms. The van der Waals surface area contributed by atoms with Crippen LogP contribution in [0.15, 0.2) is 97.1 Å². The third-order valence-corrected chi connectivity index (χ3v) is 9.07. The molecule has 0 heterocycles. The van der Waals surface area contributed by atoms with Gasteiger partial charge in [0.05, 0.1) is 48.3 Å². The fourth-order valence-electron chi connectivity index (χ4n) is 5.47. The van der Waals surface area contributed by atoms with Gasteiger partial charge >= 0.3 is 11.9 Å². The number of aliphatic hydroxyl groups is 1. The summed E-state index contributed by atoms with van der Waals surface area (Å²) in [7, 11) is 0. The number of non-ortho nitro benzene ring substituents is 4. The molecular weight excluding hydrogens is 924 g/mol. The van der Waals surface area contributed by atoms with E-state index in [0.717, 1.165) is 42.0 Å². The van der Waals surface area contributed by atoms with Gasteiger partial charge in [0, 0.05) is 29.8 Å². The molecule has 0 aromatic heterocycles. The highest BCUT2D eigenvalue weighted by Crippen LogP contribution is 2.24. The fraction of sp³-hybridized carbons (Fsp3) is 0.310. The third kappa shape index (κ3) is 18.4. The highest BCUT2D eigenvalue weighted by Gasteiger charge is 2.28. The van der Waals surface area contributed by atoms with E-state index in [0.29, 0.717) is 10.9 Å². The number of carbonyl (C=O) groups excluding carboxylic acids is 4. The zero-order valence-electron chi connectivity index (χ0n) is 35.2. The van der Waals surface area contributed by atoms with Crippen LogP contribution in [0.4, 0.5) is 22.7 Å². The Labute approximate surface area is 378 Å². The van der Waals surface area contributed by atoms with Gasteiger partial charge in [-0.15, -0.1) is 0 Å². The molecule has 0 radical (unpaired) electrons. The van der Waals surface area contributed by atoms with Gasteiger partial charge in [0.15, 0.2) is 5.78 Å². The van der Waals surface area contributed by atoms with Gasteiger partial charge in [-0.3, -0.25) is 54.8 Å². The van der Waals surface area contributed by atoms with Gasteiger partial charge in [-0.1, -0.05) is 104 Å². The van der Waals surface area contributed by atoms with Gasteiger partial charge in [-0.05, 0) is 30.2 Å². The number of nitrogens with zero attached hydrogens (tertiary/aromatic N) is 4. The first-order valence-electron chi connectivity index (χ1n) is 19.3. The summed E-state index contributed by atoms with van der Waals surface area (Å²) in [5, 5.41) is 67.9. The number of esters is 1. The Kier molecular flexibility index (Phi) is 21.6. The molecule has 23 heteroatoms. The summed E-state index contributed by atoms with van der Waals surface area (Å²) in [6.45, 7) is 6.81. The number of alkyl halides is 1. The van der Waals surface area contributed by atoms with Crippen LogP contribution in [-0.2, 0) is 14.3 Å². The van der Waals surface area contributed by atoms with Crippen molar-refractivity contribution in [2.24, 2.45) is 11.8 Å². The number of aliphatic hydroxyl groups excluding tert-OH is 1. The summed E-state index contributed by atoms with van der Waals surface area (Å²) in [5.74, 6) is -3.82. The molecule has 0 bridgehead atoms. The number of nitro groups is 4. The number of ether oxygens (including phenoxy) is 1. The Bertz CT molecular complexity index is 2280. The van der Waals surface area contributed by atoms with Gasteiger partial charge in [0.2, 0.25) is 0 Å². The SMILES string of the molecule is CC(C)CC(NC(=O)c1cc([N+](=O)[O-])cc([N+](=O)[O-])c1)C(=O)O.CC(C)C[C@H](NC(=O)c1cc([N+](=O)[O-])cc([N+](=O)[O-])c1)C(=O)OCC(O)c1ccccc1.O=C(CBr)c1ccccc1. The first-order chi connectivity index (χ1) is 30.5. The topological polar surface area (TPSA) is 332 Å². The maximum Gasteiger partial charge on any atom is 0.328 e. The van der Waals surface area contributed by atoms with Crippen LogP contribution in [0, 0.1) is 52.3 Å². The highest BCUT2D eigenvalue weighted by molar-refractivity contribution is 9.09. The molecule has 3 atom stereocenters. The molecule has 4 aromatic rings. The molecule has 4 aromatic carbocycles. The molecule has 65 heavy (non-hydrogen) atoms. The number of carboxylic acid groups (broad SMARTS) is 1. The van der Waals surface area contributed by atoms with Crippen molar-refractivity contribution in [3.63, 3.8) is 0 Å². The molecule has 0 aliphatic carbocycles. The van der Waals surface area contributed by atoms with Gasteiger partial charge in [0.25, 0.3) is 34.6 Å². The van der Waals surface area contributed by atoms with Crippen LogP contribution >= 0.6 is 15.9 Å². The average Bonchev–Trinajstić information content (AvgIpc) is 3.27. The number of Topliss-reactive ketones (excluding diaryl/α,β-unsaturated/α-hetero) is 1. The lowest BCUT2D eigenvalue weighted by molar-refractivity contribution is -0.394. The second-order valence-electron chi connectivity index (χ2n) is 14.6. The van der Waals surface area contributed by atoms with Crippen LogP contribution < -0.4 is 10.6 Å². The van der Waals surface area contributed by atoms with E-state index >= 15 is 0 Å². The molecule has 4 rings (SSSR count). The molecule has 0 aliphatic rings. The minimum absolute atomic E-state index is 0.0177. The van der Waals surface area contributed by atoms with E-state index in [1.165, 1.54) is 0 Å². The summed E-state index contributed by atoms with van der Waals surface area (Å²) in [6, 6.07) is 20.4. The monoisotopic (exact) mass is 968 g/mol. The number of benzene rings is 4. The summed E-state index contributed by atoms with van der Waals surface area (Å²) in [4.78, 5) is 99.6. The smallest absolute Gasteiger partial charge is 0.328 e. The number of aliphatic carboxylic acids is 1. The molecular formula is C42H45BrN6O16. The van der Waals surface area contributed by atoms with Gasteiger partial charge in [-0.2, -0.15) is 0 Å². The number of amides is 2. The van der Waals surface area contributed by atoms with E-state index in [4.69, 9.17) is 9.84 Å². The van der Waals surface area contributed by atoms with E-state index in [1.807, 2.05) is 44.2 Å². The Morgan fingerprint density at radius 3 is 1.32 bits per heavy atom. The molecule has 2 amide bonds. The highest BCUT2D eigenvalue weighted by atomic mass is 79.9. The van der Waals surface area contributed by atoms with Crippen molar-refractivity contribution in [2.45, 2.75) is 58.7 Å². The van der Waals surface area contributed by atoms with E-state index in [9.17, 15) is 69.5 Å². The lowest BCUT2D eigenvalue weighted by atomic mass is 10.0. The van der Waals surface area contributed by atoms with Crippen LogP contribution in [0.5, 0.6) is 0 Å². The van der Waals surface area contributed by atoms with E-state index in [-0.39, 0.29) is 48.2 Å². The normalized spacial score (nSPS) is 11.8. The van der Waals surface area contributed by atoms with Crippen molar-refractivity contribution >= 4 is 68.2 Å². The Morgan fingerprint density at radius 1 is 0.600 bits per heavy atom. The predicted octanol–water partition coefficient (Wildman–Crippen LogP) is 6.92. The van der Waals surface area contributed by atoms with Gasteiger partial charge < -0.3 is 25.6 Å². The Hall–Kier alpha value is -7.53. The number of carboxylic acids is 1. The van der Waals surface area contributed by atoms with E-state index < -0.39 is 84.4 Å². The van der Waals surface area contributed by atoms with Crippen molar-refractivity contribution in [3.05, 3.63) is 160 Å². The maximum atomic E-state index is 12.6. The van der Waals surface area contributed by atoms with Crippen LogP contribution in [0.3, 0.4) is 0 Å². The standard InChI is InChI=1S/C21H23N3O8.C13H15N3O7.C8H7BrO/c1-13(2)8-18(21(27)32-12-19(25)14-6-4-3-5-7-14)22-20(26)15-9-16(23(28)29)11-17(10-15)24(30)31;1-7(2)3-11(13(18)19)14-12(17)8-4-9(15(20)21)6-10(5-8)16(22)23;9-6-8(10)7-4-2-1-3-5-7/h3-7,9-11,13,18-19,25H,8,12H2,1-2H3,(H,22,26);4-7,11H,3H2,1-2H3,(H,14,17)(H,18,19);1-5H,6H2/t18-,19?;;/m0../s1. The number of carbonyl (C=O) groups is 5. The lowest BCUT2D eigenvalue weighted by Gasteiger charge is -2.20. The number of hydrogen-bond donors (Lipinski definition) is 4. The van der Waals surface area contributed by atoms with Crippen LogP contribution in [-0.4, -0.2) is 83.5 Å². The van der Waals surface area contributed by atoms with Crippen molar-refractivity contribution in [2.75, 3.05) is 11.9 Å². The van der Waals surface area contributed by atoms with E-state index in [1.54, 1.807) is 44.2 Å². The van der Waals surface area contributed by atoms with Crippen LogP contribution in [0.1, 0.15) is 83.3 Å². The van der Waals surface area contributed by atoms with Crippen molar-refractivity contribution in [3.8, 4) is 0 Å². The summed E-state index contributed by atoms with van der Waals surface area (Å²) in [5.41, 5.74) is -1.87. The minimum Gasteiger partial charge on any atom is -0.480 e. The third-order valence-electron chi connectivity index (χ3n) is 8.57. The van der Waals surface area contributed by atoms with E-state index in [2.05, 4.69) is 26.6 Å². The Morgan fingerprint density at radius 2 is 0.969 bits per heavy atom. The molecule has 4 N–H and O–H groups in total. The summed E-state index contributed by atoms with van der Waals surface area (Å²) < 4.78 is 5.16. The average molecular weight is 970 g/mol. The summed E-state index contributed by atoms with van der Waals surface area (Å²) >= 11 is 3.10. The first kappa shape index (κ1) is 53.6. The molecule has 0 aliphatic heterocycles. The number of nitrogens with one attached hydrogen (secondary N) is 2. The zero-order valence-corrected chi connectivity index (χ0v) is 36.8. The van der Waals surface area contributed by atoms with Gasteiger partial charge in [0.1, 0.15) is 24.8 Å². The van der Waals surface area contributed by atoms with Crippen molar-refractivity contribution in [1.82, 2.24) is 10.6 Å². The molecule has 2 unspecified atom stereocenters. The second kappa shape index (κ2) is 26.2. The first-order valence-corrected chi connectivity index (χ1v) is 20.4. The van der Waals surface area contributed by atoms with Gasteiger partial charge in [-0.25, -0.2) is 9.59 Å². The largest absolute Gasteiger partial charge is 0.480 e. The molecule has 0 saturated heterocycles. The Balaban J connectivity index is 0.000000380. The second-order valence-corrected chi connectivity index (χ2v) is 15.2. The van der Waals surface area contributed by atoms with Crippen molar-refractivity contribution < 1.29 is 58.6 Å². The van der Waals surface area contributed by atoms with Crippen LogP contribution in [0.2, 0.25) is 0 Å². The zero-order chi connectivity index (χ0) is 49.0. The molecule has 0 fully saturated rings. The number of rotatable bonds is 19. The lowest BCUT2D eigenvalue weighted by Crippen LogP contribution is -2.43. The maximum absolute atomic E-state index is 12.6. The molecule has 22 nitrogen and oxygen atoms in total. The van der Waals surface area contributed by atoms with Crippen LogP contribution in [0.25, 0.3) is 0 Å². The quantitative estimate of drug-likeness (QED) is 0.0243. The number of halogens is 1. The van der Waals surface area contributed by atoms with Crippen molar-refractivity contribution in [1.29, 1.82) is 0 Å².